The van der Waals surface area contributed by atoms with Crippen molar-refractivity contribution < 1.29 is 14.0 Å². The van der Waals surface area contributed by atoms with Crippen molar-refractivity contribution in [1.82, 2.24) is 0 Å². The van der Waals surface area contributed by atoms with Crippen LogP contribution in [-0.2, 0) is 4.74 Å². The molecule has 1 amide bonds. The van der Waals surface area contributed by atoms with Crippen LogP contribution in [0.5, 0.6) is 0 Å². The van der Waals surface area contributed by atoms with Crippen LogP contribution in [0.4, 0.5) is 10.5 Å². The number of quaternary nitrogens is 1. The van der Waals surface area contributed by atoms with Crippen LogP contribution in [-0.4, -0.2) is 48.2 Å². The Bertz CT molecular complexity index is 906. The number of hydrogen-bond acceptors (Lipinski definition) is 2. The molecule has 3 atom stereocenters. The summed E-state index contributed by atoms with van der Waals surface area (Å²) in [6.07, 6.45) is 11.4. The number of hydrogen-bond donors (Lipinski definition) is 1. The number of benzene rings is 2. The van der Waals surface area contributed by atoms with Gasteiger partial charge in [0.15, 0.2) is 0 Å². The summed E-state index contributed by atoms with van der Waals surface area (Å²) in [4.78, 5) is 12.8. The molecule has 0 radical (unpaired) electrons. The van der Waals surface area contributed by atoms with Crippen molar-refractivity contribution in [2.45, 2.75) is 63.9 Å². The number of para-hydroxylation sites is 1. The van der Waals surface area contributed by atoms with Crippen LogP contribution in [0.25, 0.3) is 11.1 Å². The summed E-state index contributed by atoms with van der Waals surface area (Å²) in [6.45, 7) is 4.90. The lowest BCUT2D eigenvalue weighted by Gasteiger charge is -2.40. The van der Waals surface area contributed by atoms with Crippen LogP contribution < -0.4 is 5.32 Å². The van der Waals surface area contributed by atoms with Crippen LogP contribution >= 0.6 is 15.9 Å². The molecule has 2 fully saturated rings. The number of carbonyl (C=O) groups is 1. The van der Waals surface area contributed by atoms with Crippen molar-refractivity contribution in [3.63, 3.8) is 0 Å². The van der Waals surface area contributed by atoms with Crippen molar-refractivity contribution in [3.8, 4) is 11.1 Å². The van der Waals surface area contributed by atoms with Gasteiger partial charge in [0.1, 0.15) is 6.10 Å². The molecular formula is C29H40BrN2O2+. The Morgan fingerprint density at radius 1 is 0.882 bits per heavy atom. The van der Waals surface area contributed by atoms with Crippen molar-refractivity contribution in [3.05, 3.63) is 54.6 Å². The zero-order valence-electron chi connectivity index (χ0n) is 20.4. The van der Waals surface area contributed by atoms with Crippen molar-refractivity contribution >= 4 is 27.7 Å². The quantitative estimate of drug-likeness (QED) is 0.175. The van der Waals surface area contributed by atoms with Gasteiger partial charge in [0, 0.05) is 23.7 Å². The van der Waals surface area contributed by atoms with Gasteiger partial charge in [-0.3, -0.25) is 5.32 Å². The Hall–Kier alpha value is -1.85. The highest BCUT2D eigenvalue weighted by molar-refractivity contribution is 9.09. The van der Waals surface area contributed by atoms with E-state index in [-0.39, 0.29) is 12.2 Å². The first-order valence-electron chi connectivity index (χ1n) is 13.2. The number of fused-ring (bicyclic) bond motifs is 2. The molecule has 184 valence electrons. The number of amides is 1. The summed E-state index contributed by atoms with van der Waals surface area (Å²) in [6, 6.07) is 18.1. The van der Waals surface area contributed by atoms with E-state index in [2.05, 4.69) is 33.4 Å². The predicted molar refractivity (Wildman–Crippen MR) is 144 cm³/mol. The third kappa shape index (κ3) is 6.85. The van der Waals surface area contributed by atoms with Crippen LogP contribution in [0.15, 0.2) is 54.6 Å². The molecule has 2 aliphatic rings. The Morgan fingerprint density at radius 3 is 2.35 bits per heavy atom. The minimum Gasteiger partial charge on any atom is -0.445 e. The fourth-order valence-corrected chi connectivity index (χ4v) is 6.29. The highest BCUT2D eigenvalue weighted by atomic mass is 79.9. The van der Waals surface area contributed by atoms with E-state index < -0.39 is 0 Å². The Morgan fingerprint density at radius 2 is 1.56 bits per heavy atom. The second kappa shape index (κ2) is 12.7. The molecule has 1 N–H and O–H groups in total. The molecule has 2 saturated heterocycles. The summed E-state index contributed by atoms with van der Waals surface area (Å²) in [7, 11) is 0. The van der Waals surface area contributed by atoms with Gasteiger partial charge in [-0.05, 0) is 30.9 Å². The highest BCUT2D eigenvalue weighted by Crippen LogP contribution is 2.36. The molecule has 0 saturated carbocycles. The molecule has 0 spiro atoms. The minimum atomic E-state index is -0.319. The fourth-order valence-electron chi connectivity index (χ4n) is 5.90. The molecule has 2 unspecified atom stereocenters. The van der Waals surface area contributed by atoms with E-state index in [1.807, 2.05) is 42.5 Å². The first-order valence-corrected chi connectivity index (χ1v) is 14.3. The van der Waals surface area contributed by atoms with Gasteiger partial charge in [-0.15, -0.1) is 0 Å². The minimum absolute atomic E-state index is 0.0482. The number of alkyl halides is 1. The molecule has 2 aromatic rings. The summed E-state index contributed by atoms with van der Waals surface area (Å²) in [5.41, 5.74) is 2.91. The molecule has 2 bridgehead atoms. The molecular weight excluding hydrogens is 488 g/mol. The average molecular weight is 529 g/mol. The SMILES string of the molecule is O=C(Nc1ccccc1-c1ccccc1)OC1CC[N@@+]2(CCCCCCCCCBr)CCC1C2. The van der Waals surface area contributed by atoms with Gasteiger partial charge in [-0.2, -0.15) is 0 Å². The summed E-state index contributed by atoms with van der Waals surface area (Å²) in [5, 5.41) is 4.16. The number of carbonyl (C=O) groups excluding carboxylic acids is 1. The van der Waals surface area contributed by atoms with Gasteiger partial charge in [0.05, 0.1) is 37.8 Å². The molecule has 2 heterocycles. The first kappa shape index (κ1) is 25.2. The summed E-state index contributed by atoms with van der Waals surface area (Å²) in [5.74, 6) is 0.508. The van der Waals surface area contributed by atoms with Crippen LogP contribution in [0.1, 0.15) is 57.8 Å². The van der Waals surface area contributed by atoms with E-state index in [9.17, 15) is 4.79 Å². The zero-order chi connectivity index (χ0) is 23.6. The third-order valence-corrected chi connectivity index (χ3v) is 8.34. The van der Waals surface area contributed by atoms with Gasteiger partial charge < -0.3 is 9.22 Å². The lowest BCUT2D eigenvalue weighted by Crippen LogP contribution is -2.52. The molecule has 0 aliphatic carbocycles. The standard InChI is InChI=1S/C29H39BrN2O2/c30-19-11-4-2-1-3-5-12-20-32-21-17-25(23-32)28(18-22-32)34-29(33)31-27-16-10-9-15-26(27)24-13-7-6-8-14-24/h6-10,13-16,25,28H,1-5,11-12,17-23H2/p+1/t25?,28?,32-/m1/s1. The predicted octanol–water partition coefficient (Wildman–Crippen LogP) is 7.64. The normalized spacial score (nSPS) is 23.6. The van der Waals surface area contributed by atoms with Gasteiger partial charge >= 0.3 is 6.09 Å². The molecule has 2 aromatic carbocycles. The molecule has 4 rings (SSSR count). The van der Waals surface area contributed by atoms with Gasteiger partial charge in [-0.25, -0.2) is 4.79 Å². The Labute approximate surface area is 213 Å². The second-order valence-corrected chi connectivity index (χ2v) is 11.0. The van der Waals surface area contributed by atoms with Crippen LogP contribution in [0, 0.1) is 5.92 Å². The third-order valence-electron chi connectivity index (χ3n) is 7.78. The number of nitrogens with zero attached hydrogens (tertiary/aromatic N) is 1. The lowest BCUT2D eigenvalue weighted by atomic mass is 9.95. The average Bonchev–Trinajstić information content (AvgIpc) is 3.21. The van der Waals surface area contributed by atoms with E-state index in [0.29, 0.717) is 5.92 Å². The lowest BCUT2D eigenvalue weighted by molar-refractivity contribution is -0.922. The summed E-state index contributed by atoms with van der Waals surface area (Å²) >= 11 is 3.52. The Kier molecular flexibility index (Phi) is 9.46. The number of anilines is 1. The maximum absolute atomic E-state index is 12.8. The van der Waals surface area contributed by atoms with Crippen molar-refractivity contribution in [2.24, 2.45) is 5.92 Å². The molecule has 4 nitrogen and oxygen atoms in total. The number of nitrogens with one attached hydrogen (secondary N) is 1. The number of piperidine rings is 1. The number of halogens is 1. The van der Waals surface area contributed by atoms with E-state index in [4.69, 9.17) is 4.74 Å². The number of ether oxygens (including phenoxy) is 1. The van der Waals surface area contributed by atoms with Crippen LogP contribution in [0.2, 0.25) is 0 Å². The van der Waals surface area contributed by atoms with Crippen molar-refractivity contribution in [1.29, 1.82) is 0 Å². The second-order valence-electron chi connectivity index (χ2n) is 10.2. The fraction of sp³-hybridized carbons (Fsp3) is 0.552. The Balaban J connectivity index is 1.22. The molecule has 5 heteroatoms. The van der Waals surface area contributed by atoms with Gasteiger partial charge in [-0.1, -0.05) is 90.1 Å². The van der Waals surface area contributed by atoms with Gasteiger partial charge in [0.25, 0.3) is 0 Å². The smallest absolute Gasteiger partial charge is 0.411 e. The first-order chi connectivity index (χ1) is 16.7. The maximum atomic E-state index is 12.8. The highest BCUT2D eigenvalue weighted by Gasteiger charge is 2.47. The molecule has 34 heavy (non-hydrogen) atoms. The van der Waals surface area contributed by atoms with E-state index in [1.54, 1.807) is 0 Å². The van der Waals surface area contributed by atoms with Crippen molar-refractivity contribution in [2.75, 3.05) is 36.8 Å². The largest absolute Gasteiger partial charge is 0.445 e. The van der Waals surface area contributed by atoms with Crippen LogP contribution in [0.3, 0.4) is 0 Å². The number of unbranched alkanes of at least 4 members (excludes halogenated alkanes) is 6. The monoisotopic (exact) mass is 527 g/mol. The zero-order valence-corrected chi connectivity index (χ0v) is 22.0. The maximum Gasteiger partial charge on any atom is 0.411 e. The van der Waals surface area contributed by atoms with E-state index in [0.717, 1.165) is 35.1 Å². The summed E-state index contributed by atoms with van der Waals surface area (Å²) < 4.78 is 7.24. The van der Waals surface area contributed by atoms with Gasteiger partial charge in [0.2, 0.25) is 0 Å². The van der Waals surface area contributed by atoms with E-state index in [1.165, 1.54) is 75.5 Å². The molecule has 2 aliphatic heterocycles. The topological polar surface area (TPSA) is 38.3 Å². The molecule has 0 aromatic heterocycles. The number of rotatable bonds is 12. The van der Waals surface area contributed by atoms with E-state index >= 15 is 0 Å².